The predicted molar refractivity (Wildman–Crippen MR) is 106 cm³/mol. The van der Waals surface area contributed by atoms with Crippen LogP contribution in [0.5, 0.6) is 0 Å². The molecule has 1 aromatic heterocycles. The Labute approximate surface area is 174 Å². The summed E-state index contributed by atoms with van der Waals surface area (Å²) in [5, 5.41) is 0. The van der Waals surface area contributed by atoms with Crippen LogP contribution in [-0.2, 0) is 36.5 Å². The topological polar surface area (TPSA) is 94.8 Å². The van der Waals surface area contributed by atoms with E-state index in [-0.39, 0.29) is 20.8 Å². The maximum absolute atomic E-state index is 14.3. The number of carbonyl (C=O) groups excluding carboxylic acids is 2. The van der Waals surface area contributed by atoms with Gasteiger partial charge < -0.3 is 9.30 Å². The SMILES string of the molecule is COC(=O)Cn1c(=NC(=O)CS(=O)(=O)Cc2ccccc2)sc2cc(F)cc(F)c21. The van der Waals surface area contributed by atoms with Gasteiger partial charge in [-0.1, -0.05) is 41.7 Å². The summed E-state index contributed by atoms with van der Waals surface area (Å²) in [7, 11) is -2.68. The van der Waals surface area contributed by atoms with Crippen molar-refractivity contribution in [2.75, 3.05) is 12.9 Å². The fourth-order valence-corrected chi connectivity index (χ4v) is 5.09. The number of halogens is 2. The molecule has 0 fully saturated rings. The molecule has 0 bridgehead atoms. The number of thiazole rings is 1. The molecule has 1 heterocycles. The number of sulfone groups is 1. The molecule has 0 aliphatic carbocycles. The van der Waals surface area contributed by atoms with Crippen LogP contribution in [-0.4, -0.2) is 37.7 Å². The van der Waals surface area contributed by atoms with Crippen LogP contribution in [0, 0.1) is 11.6 Å². The Morgan fingerprint density at radius 2 is 1.87 bits per heavy atom. The van der Waals surface area contributed by atoms with Gasteiger partial charge in [-0.3, -0.25) is 9.59 Å². The average molecular weight is 454 g/mol. The van der Waals surface area contributed by atoms with Crippen LogP contribution in [0.1, 0.15) is 5.56 Å². The molecule has 0 radical (unpaired) electrons. The molecule has 3 aromatic rings. The average Bonchev–Trinajstić information content (AvgIpc) is 2.98. The molecule has 1 amide bonds. The summed E-state index contributed by atoms with van der Waals surface area (Å²) in [6.07, 6.45) is 0. The maximum Gasteiger partial charge on any atom is 0.325 e. The van der Waals surface area contributed by atoms with Crippen molar-refractivity contribution in [1.82, 2.24) is 4.57 Å². The van der Waals surface area contributed by atoms with Crippen molar-refractivity contribution in [2.24, 2.45) is 4.99 Å². The highest BCUT2D eigenvalue weighted by molar-refractivity contribution is 7.91. The summed E-state index contributed by atoms with van der Waals surface area (Å²) in [6, 6.07) is 10.0. The Morgan fingerprint density at radius 1 is 1.17 bits per heavy atom. The van der Waals surface area contributed by atoms with Crippen LogP contribution in [0.4, 0.5) is 8.78 Å². The van der Waals surface area contributed by atoms with Gasteiger partial charge in [0.05, 0.1) is 23.1 Å². The van der Waals surface area contributed by atoms with E-state index in [2.05, 4.69) is 9.73 Å². The Balaban J connectivity index is 1.98. The quantitative estimate of drug-likeness (QED) is 0.532. The lowest BCUT2D eigenvalue weighted by molar-refractivity contribution is -0.141. The molecule has 2 aromatic carbocycles. The van der Waals surface area contributed by atoms with Gasteiger partial charge in [-0.15, -0.1) is 0 Å². The second-order valence-corrected chi connectivity index (χ2v) is 9.38. The largest absolute Gasteiger partial charge is 0.468 e. The van der Waals surface area contributed by atoms with Crippen LogP contribution in [0.3, 0.4) is 0 Å². The molecule has 158 valence electrons. The summed E-state index contributed by atoms with van der Waals surface area (Å²) in [4.78, 5) is 27.6. The minimum Gasteiger partial charge on any atom is -0.468 e. The van der Waals surface area contributed by atoms with E-state index in [9.17, 15) is 26.8 Å². The number of nitrogens with zero attached hydrogens (tertiary/aromatic N) is 2. The summed E-state index contributed by atoms with van der Waals surface area (Å²) in [6.45, 7) is -0.484. The fourth-order valence-electron chi connectivity index (χ4n) is 2.76. The highest BCUT2D eigenvalue weighted by Gasteiger charge is 2.20. The van der Waals surface area contributed by atoms with Crippen molar-refractivity contribution in [3.05, 3.63) is 64.5 Å². The molecule has 7 nitrogen and oxygen atoms in total. The lowest BCUT2D eigenvalue weighted by atomic mass is 10.2. The minimum atomic E-state index is -3.81. The first-order valence-corrected chi connectivity index (χ1v) is 11.2. The molecule has 0 aliphatic heterocycles. The van der Waals surface area contributed by atoms with Gasteiger partial charge >= 0.3 is 5.97 Å². The first kappa shape index (κ1) is 21.8. The Morgan fingerprint density at radius 3 is 2.53 bits per heavy atom. The van der Waals surface area contributed by atoms with Crippen LogP contribution < -0.4 is 4.80 Å². The van der Waals surface area contributed by atoms with E-state index in [1.807, 2.05) is 0 Å². The van der Waals surface area contributed by atoms with Crippen molar-refractivity contribution in [2.45, 2.75) is 12.3 Å². The Kier molecular flexibility index (Phi) is 6.42. The van der Waals surface area contributed by atoms with Gasteiger partial charge in [0.15, 0.2) is 20.5 Å². The second kappa shape index (κ2) is 8.84. The number of esters is 1. The zero-order valence-corrected chi connectivity index (χ0v) is 17.3. The van der Waals surface area contributed by atoms with Gasteiger partial charge in [-0.25, -0.2) is 17.2 Å². The van der Waals surface area contributed by atoms with Gasteiger partial charge in [0.25, 0.3) is 5.91 Å². The van der Waals surface area contributed by atoms with E-state index in [0.717, 1.165) is 29.1 Å². The molecule has 0 aliphatic rings. The third-order valence-electron chi connectivity index (χ3n) is 4.00. The van der Waals surface area contributed by atoms with Crippen molar-refractivity contribution in [3.63, 3.8) is 0 Å². The van der Waals surface area contributed by atoms with Crippen molar-refractivity contribution >= 4 is 43.3 Å². The summed E-state index contributed by atoms with van der Waals surface area (Å²) >= 11 is 0.756. The third kappa shape index (κ3) is 5.16. The van der Waals surface area contributed by atoms with Gasteiger partial charge in [0.1, 0.15) is 18.1 Å². The fraction of sp³-hybridized carbons (Fsp3) is 0.211. The highest BCUT2D eigenvalue weighted by atomic mass is 32.2. The van der Waals surface area contributed by atoms with Crippen molar-refractivity contribution in [3.8, 4) is 0 Å². The summed E-state index contributed by atoms with van der Waals surface area (Å²) in [5.74, 6) is -4.74. The third-order valence-corrected chi connectivity index (χ3v) is 6.49. The first-order valence-electron chi connectivity index (χ1n) is 8.55. The zero-order chi connectivity index (χ0) is 21.9. The number of methoxy groups -OCH3 is 1. The van der Waals surface area contributed by atoms with E-state index in [1.165, 1.54) is 0 Å². The molecular weight excluding hydrogens is 438 g/mol. The van der Waals surface area contributed by atoms with Crippen LogP contribution in [0.15, 0.2) is 47.5 Å². The highest BCUT2D eigenvalue weighted by Crippen LogP contribution is 2.22. The number of rotatable bonds is 6. The number of aromatic nitrogens is 1. The Bertz CT molecular complexity index is 1280. The molecule has 0 atom stereocenters. The lowest BCUT2D eigenvalue weighted by Crippen LogP contribution is -2.24. The van der Waals surface area contributed by atoms with Gasteiger partial charge in [-0.2, -0.15) is 4.99 Å². The number of hydrogen-bond donors (Lipinski definition) is 0. The lowest BCUT2D eigenvalue weighted by Gasteiger charge is -2.05. The number of fused-ring (bicyclic) bond motifs is 1. The monoisotopic (exact) mass is 454 g/mol. The normalized spacial score (nSPS) is 12.3. The van der Waals surface area contributed by atoms with E-state index in [0.29, 0.717) is 11.6 Å². The number of amides is 1. The van der Waals surface area contributed by atoms with E-state index >= 15 is 0 Å². The molecule has 0 N–H and O–H groups in total. The number of benzene rings is 2. The maximum atomic E-state index is 14.3. The van der Waals surface area contributed by atoms with Crippen LogP contribution in [0.2, 0.25) is 0 Å². The van der Waals surface area contributed by atoms with Gasteiger partial charge in [-0.05, 0) is 11.6 Å². The van der Waals surface area contributed by atoms with Gasteiger partial charge in [0.2, 0.25) is 0 Å². The zero-order valence-electron chi connectivity index (χ0n) is 15.7. The van der Waals surface area contributed by atoms with Crippen molar-refractivity contribution < 1.29 is 31.5 Å². The van der Waals surface area contributed by atoms with Gasteiger partial charge in [0, 0.05) is 6.07 Å². The number of carbonyl (C=O) groups is 2. The number of ether oxygens (including phenoxy) is 1. The van der Waals surface area contributed by atoms with Crippen molar-refractivity contribution in [1.29, 1.82) is 0 Å². The molecule has 0 spiro atoms. The predicted octanol–water partition coefficient (Wildman–Crippen LogP) is 2.20. The molecule has 0 unspecified atom stereocenters. The minimum absolute atomic E-state index is 0.107. The summed E-state index contributed by atoms with van der Waals surface area (Å²) < 4.78 is 58.2. The van der Waals surface area contributed by atoms with Crippen LogP contribution >= 0.6 is 11.3 Å². The molecule has 0 saturated carbocycles. The van der Waals surface area contributed by atoms with E-state index < -0.39 is 45.6 Å². The van der Waals surface area contributed by atoms with E-state index in [1.54, 1.807) is 30.3 Å². The second-order valence-electron chi connectivity index (χ2n) is 6.30. The smallest absolute Gasteiger partial charge is 0.325 e. The first-order chi connectivity index (χ1) is 14.2. The molecule has 0 saturated heterocycles. The van der Waals surface area contributed by atoms with E-state index in [4.69, 9.17) is 0 Å². The molecule has 3 rings (SSSR count). The molecular formula is C19H16F2N2O5S2. The standard InChI is InChI=1S/C19H16F2N2O5S2/c1-28-17(25)9-23-18-14(21)7-13(20)8-15(18)29-19(23)22-16(24)11-30(26,27)10-12-5-3-2-4-6-12/h2-8H,9-11H2,1H3. The van der Waals surface area contributed by atoms with Crippen LogP contribution in [0.25, 0.3) is 10.2 Å². The molecule has 11 heteroatoms. The molecule has 30 heavy (non-hydrogen) atoms. The Hall–Kier alpha value is -2.92. The summed E-state index contributed by atoms with van der Waals surface area (Å²) in [5.41, 5.74) is 0.385. The number of hydrogen-bond acceptors (Lipinski definition) is 6.